The van der Waals surface area contributed by atoms with Gasteiger partial charge in [0.2, 0.25) is 5.91 Å². The van der Waals surface area contributed by atoms with Gasteiger partial charge in [-0.25, -0.2) is 0 Å². The molecule has 0 fully saturated rings. The van der Waals surface area contributed by atoms with Crippen LogP contribution < -0.4 is 10.6 Å². The lowest BCUT2D eigenvalue weighted by molar-refractivity contribution is -0.123. The maximum absolute atomic E-state index is 12.2. The standard InChI is InChI=1S/C15H13N3O2/c19-14-12-7-2-1-6-11(12)13(18-14)15(20)17-9-10-5-3-4-8-16-10/h1-8,13H,9H2,(H,17,20)(H,18,19). The molecule has 0 aliphatic carbocycles. The molecule has 1 aromatic heterocycles. The summed E-state index contributed by atoms with van der Waals surface area (Å²) in [7, 11) is 0. The molecule has 1 aromatic carbocycles. The Morgan fingerprint density at radius 2 is 2.00 bits per heavy atom. The van der Waals surface area contributed by atoms with Crippen LogP contribution in [-0.2, 0) is 11.3 Å². The van der Waals surface area contributed by atoms with Crippen LogP contribution in [0.3, 0.4) is 0 Å². The summed E-state index contributed by atoms with van der Waals surface area (Å²) in [5.74, 6) is -0.437. The van der Waals surface area contributed by atoms with Crippen molar-refractivity contribution in [2.24, 2.45) is 0 Å². The van der Waals surface area contributed by atoms with Gasteiger partial charge in [-0.1, -0.05) is 24.3 Å². The predicted octanol–water partition coefficient (Wildman–Crippen LogP) is 1.18. The minimum Gasteiger partial charge on any atom is -0.348 e. The van der Waals surface area contributed by atoms with Gasteiger partial charge in [-0.15, -0.1) is 0 Å². The van der Waals surface area contributed by atoms with Crippen LogP contribution in [0.1, 0.15) is 27.7 Å². The molecule has 0 saturated carbocycles. The molecule has 2 amide bonds. The molecular weight excluding hydrogens is 254 g/mol. The van der Waals surface area contributed by atoms with E-state index < -0.39 is 6.04 Å². The third-order valence-corrected chi connectivity index (χ3v) is 3.22. The molecule has 100 valence electrons. The monoisotopic (exact) mass is 267 g/mol. The second kappa shape index (κ2) is 5.13. The Balaban J connectivity index is 1.71. The minimum atomic E-state index is -0.623. The molecule has 0 bridgehead atoms. The van der Waals surface area contributed by atoms with Crippen molar-refractivity contribution in [1.82, 2.24) is 15.6 Å². The van der Waals surface area contributed by atoms with Crippen molar-refractivity contribution in [1.29, 1.82) is 0 Å². The van der Waals surface area contributed by atoms with E-state index in [2.05, 4.69) is 15.6 Å². The zero-order chi connectivity index (χ0) is 13.9. The lowest BCUT2D eigenvalue weighted by Gasteiger charge is -2.12. The summed E-state index contributed by atoms with van der Waals surface area (Å²) in [4.78, 5) is 28.1. The fourth-order valence-electron chi connectivity index (χ4n) is 2.23. The summed E-state index contributed by atoms with van der Waals surface area (Å²) < 4.78 is 0. The molecule has 5 heteroatoms. The molecule has 3 rings (SSSR count). The third kappa shape index (κ3) is 2.25. The van der Waals surface area contributed by atoms with E-state index in [0.717, 1.165) is 11.3 Å². The Bertz CT molecular complexity index is 655. The number of nitrogens with one attached hydrogen (secondary N) is 2. The summed E-state index contributed by atoms with van der Waals surface area (Å²) in [5, 5.41) is 5.47. The zero-order valence-corrected chi connectivity index (χ0v) is 10.7. The SMILES string of the molecule is O=C1NC(C(=O)NCc2ccccn2)c2ccccc21. The van der Waals surface area contributed by atoms with Crippen LogP contribution in [0.15, 0.2) is 48.7 Å². The lowest BCUT2D eigenvalue weighted by atomic mass is 10.0. The number of amides is 2. The number of nitrogens with zero attached hydrogens (tertiary/aromatic N) is 1. The first-order valence-corrected chi connectivity index (χ1v) is 6.33. The van der Waals surface area contributed by atoms with Crippen LogP contribution in [-0.4, -0.2) is 16.8 Å². The van der Waals surface area contributed by atoms with E-state index in [9.17, 15) is 9.59 Å². The number of hydrogen-bond acceptors (Lipinski definition) is 3. The van der Waals surface area contributed by atoms with Crippen molar-refractivity contribution in [2.45, 2.75) is 12.6 Å². The minimum absolute atomic E-state index is 0.210. The molecule has 0 radical (unpaired) electrons. The largest absolute Gasteiger partial charge is 0.348 e. The van der Waals surface area contributed by atoms with E-state index in [0.29, 0.717) is 12.1 Å². The van der Waals surface area contributed by atoms with Gasteiger partial charge in [0, 0.05) is 11.8 Å². The summed E-state index contributed by atoms with van der Waals surface area (Å²) in [6, 6.07) is 12.0. The average Bonchev–Trinajstić information content (AvgIpc) is 2.84. The van der Waals surface area contributed by atoms with Crippen LogP contribution >= 0.6 is 0 Å². The number of hydrogen-bond donors (Lipinski definition) is 2. The van der Waals surface area contributed by atoms with Crippen LogP contribution in [0.25, 0.3) is 0 Å². The number of rotatable bonds is 3. The van der Waals surface area contributed by atoms with Gasteiger partial charge in [-0.3, -0.25) is 14.6 Å². The Morgan fingerprint density at radius 1 is 1.20 bits per heavy atom. The first-order valence-electron chi connectivity index (χ1n) is 6.33. The molecule has 1 aliphatic heterocycles. The second-order valence-corrected chi connectivity index (χ2v) is 4.53. The van der Waals surface area contributed by atoms with E-state index in [4.69, 9.17) is 0 Å². The highest BCUT2D eigenvalue weighted by atomic mass is 16.2. The van der Waals surface area contributed by atoms with Crippen LogP contribution in [0, 0.1) is 0 Å². The highest BCUT2D eigenvalue weighted by Crippen LogP contribution is 2.24. The molecule has 2 heterocycles. The molecule has 0 saturated heterocycles. The fraction of sp³-hybridized carbons (Fsp3) is 0.133. The molecule has 0 spiro atoms. The number of benzene rings is 1. The summed E-state index contributed by atoms with van der Waals surface area (Å²) in [6.07, 6.45) is 1.67. The molecule has 5 nitrogen and oxygen atoms in total. The van der Waals surface area contributed by atoms with Gasteiger partial charge >= 0.3 is 0 Å². The summed E-state index contributed by atoms with van der Waals surface area (Å²) >= 11 is 0. The third-order valence-electron chi connectivity index (χ3n) is 3.22. The Hall–Kier alpha value is -2.69. The van der Waals surface area contributed by atoms with E-state index >= 15 is 0 Å². The maximum atomic E-state index is 12.2. The van der Waals surface area contributed by atoms with Crippen molar-refractivity contribution in [2.75, 3.05) is 0 Å². The molecule has 1 aliphatic rings. The Labute approximate surface area is 116 Å². The predicted molar refractivity (Wildman–Crippen MR) is 72.7 cm³/mol. The quantitative estimate of drug-likeness (QED) is 0.877. The fourth-order valence-corrected chi connectivity index (χ4v) is 2.23. The van der Waals surface area contributed by atoms with Gasteiger partial charge in [0.25, 0.3) is 5.91 Å². The number of carbonyl (C=O) groups excluding carboxylic acids is 2. The number of fused-ring (bicyclic) bond motifs is 1. The number of carbonyl (C=O) groups is 2. The van der Waals surface area contributed by atoms with Gasteiger partial charge in [0.15, 0.2) is 0 Å². The molecule has 2 N–H and O–H groups in total. The smallest absolute Gasteiger partial charge is 0.252 e. The van der Waals surface area contributed by atoms with Gasteiger partial charge < -0.3 is 10.6 Å². The van der Waals surface area contributed by atoms with Gasteiger partial charge in [0.05, 0.1) is 12.2 Å². The van der Waals surface area contributed by atoms with Gasteiger partial charge in [0.1, 0.15) is 6.04 Å². The molecular formula is C15H13N3O2. The van der Waals surface area contributed by atoms with Crippen molar-refractivity contribution in [3.8, 4) is 0 Å². The van der Waals surface area contributed by atoms with Crippen molar-refractivity contribution in [3.63, 3.8) is 0 Å². The first kappa shape index (κ1) is 12.3. The Kier molecular flexibility index (Phi) is 3.16. The Morgan fingerprint density at radius 3 is 2.80 bits per heavy atom. The maximum Gasteiger partial charge on any atom is 0.252 e. The van der Waals surface area contributed by atoms with Crippen LogP contribution in [0.5, 0.6) is 0 Å². The van der Waals surface area contributed by atoms with Gasteiger partial charge in [-0.05, 0) is 23.8 Å². The summed E-state index contributed by atoms with van der Waals surface area (Å²) in [6.45, 7) is 0.341. The topological polar surface area (TPSA) is 71.1 Å². The van der Waals surface area contributed by atoms with E-state index in [1.165, 1.54) is 0 Å². The molecule has 2 aromatic rings. The van der Waals surface area contributed by atoms with Crippen LogP contribution in [0.2, 0.25) is 0 Å². The van der Waals surface area contributed by atoms with E-state index in [1.807, 2.05) is 24.3 Å². The number of aromatic nitrogens is 1. The average molecular weight is 267 g/mol. The highest BCUT2D eigenvalue weighted by molar-refractivity contribution is 6.04. The molecule has 1 unspecified atom stereocenters. The van der Waals surface area contributed by atoms with Gasteiger partial charge in [-0.2, -0.15) is 0 Å². The second-order valence-electron chi connectivity index (χ2n) is 4.53. The van der Waals surface area contributed by atoms with E-state index in [1.54, 1.807) is 24.4 Å². The zero-order valence-electron chi connectivity index (χ0n) is 10.7. The normalized spacial score (nSPS) is 16.4. The number of pyridine rings is 1. The summed E-state index contributed by atoms with van der Waals surface area (Å²) in [5.41, 5.74) is 2.06. The molecule has 1 atom stereocenters. The van der Waals surface area contributed by atoms with E-state index in [-0.39, 0.29) is 11.8 Å². The first-order chi connectivity index (χ1) is 9.75. The van der Waals surface area contributed by atoms with Crippen molar-refractivity contribution in [3.05, 3.63) is 65.5 Å². The van der Waals surface area contributed by atoms with Crippen LogP contribution in [0.4, 0.5) is 0 Å². The molecule has 20 heavy (non-hydrogen) atoms. The van der Waals surface area contributed by atoms with Crippen molar-refractivity contribution < 1.29 is 9.59 Å². The lowest BCUT2D eigenvalue weighted by Crippen LogP contribution is -2.35. The van der Waals surface area contributed by atoms with Crippen molar-refractivity contribution >= 4 is 11.8 Å². The highest BCUT2D eigenvalue weighted by Gasteiger charge is 2.32.